The van der Waals surface area contributed by atoms with Gasteiger partial charge in [0.25, 0.3) is 0 Å². The van der Waals surface area contributed by atoms with Crippen LogP contribution in [0.5, 0.6) is 0 Å². The smallest absolute Gasteiger partial charge is 0.112 e. The molecule has 4 nitrogen and oxygen atoms in total. The molecule has 20 heavy (non-hydrogen) atoms. The van der Waals surface area contributed by atoms with Crippen molar-refractivity contribution in [3.8, 4) is 0 Å². The largest absolute Gasteiger partial charge is 0.379 e. The fourth-order valence-corrected chi connectivity index (χ4v) is 2.36. The number of hydrogen-bond acceptors (Lipinski definition) is 4. The fourth-order valence-electron chi connectivity index (χ4n) is 2.04. The van der Waals surface area contributed by atoms with Gasteiger partial charge in [0.2, 0.25) is 0 Å². The molecule has 3 aromatic heterocycles. The molecule has 5 heteroatoms. The zero-order chi connectivity index (χ0) is 13.9. The van der Waals surface area contributed by atoms with Crippen LogP contribution in [-0.2, 0) is 6.54 Å². The van der Waals surface area contributed by atoms with Crippen LogP contribution in [0.4, 0.5) is 5.69 Å². The molecular weight excluding hydrogens is 316 g/mol. The molecule has 0 spiro atoms. The van der Waals surface area contributed by atoms with E-state index in [2.05, 4.69) is 43.1 Å². The maximum Gasteiger partial charge on any atom is 0.112 e. The first-order valence-corrected chi connectivity index (χ1v) is 7.07. The van der Waals surface area contributed by atoms with Crippen molar-refractivity contribution in [3.63, 3.8) is 0 Å². The normalized spacial score (nSPS) is 10.7. The number of aryl methyl sites for hydroxylation is 1. The number of rotatable bonds is 3. The monoisotopic (exact) mass is 328 g/mol. The lowest BCUT2D eigenvalue weighted by atomic mass is 10.1. The highest BCUT2D eigenvalue weighted by atomic mass is 79.9. The van der Waals surface area contributed by atoms with E-state index in [-0.39, 0.29) is 0 Å². The van der Waals surface area contributed by atoms with Gasteiger partial charge < -0.3 is 5.32 Å². The molecule has 0 aliphatic rings. The zero-order valence-corrected chi connectivity index (χ0v) is 12.6. The van der Waals surface area contributed by atoms with E-state index in [4.69, 9.17) is 0 Å². The molecule has 1 N–H and O–H groups in total. The van der Waals surface area contributed by atoms with Crippen molar-refractivity contribution < 1.29 is 0 Å². The molecule has 0 aliphatic carbocycles. The van der Waals surface area contributed by atoms with Gasteiger partial charge in [-0.25, -0.2) is 0 Å². The van der Waals surface area contributed by atoms with Crippen molar-refractivity contribution in [2.24, 2.45) is 0 Å². The minimum atomic E-state index is 0.741. The lowest BCUT2D eigenvalue weighted by molar-refractivity contribution is 1.09. The Labute approximate surface area is 125 Å². The van der Waals surface area contributed by atoms with E-state index >= 15 is 0 Å². The number of hydrogen-bond donors (Lipinski definition) is 1. The molecule has 0 aliphatic heterocycles. The van der Waals surface area contributed by atoms with Gasteiger partial charge in [-0.15, -0.1) is 0 Å². The molecular formula is C15H13BrN4. The molecule has 0 saturated heterocycles. The lowest BCUT2D eigenvalue weighted by Gasteiger charge is -2.10. The Bertz CT molecular complexity index is 758. The second-order valence-corrected chi connectivity index (χ2v) is 5.45. The number of halogens is 1. The number of fused-ring (bicyclic) bond motifs is 1. The Hall–Kier alpha value is -2.01. The number of nitrogens with zero attached hydrogens (tertiary/aromatic N) is 3. The van der Waals surface area contributed by atoms with Crippen molar-refractivity contribution in [1.29, 1.82) is 0 Å². The summed E-state index contributed by atoms with van der Waals surface area (Å²) in [7, 11) is 0. The lowest BCUT2D eigenvalue weighted by Crippen LogP contribution is -2.03. The van der Waals surface area contributed by atoms with Gasteiger partial charge in [-0.1, -0.05) is 0 Å². The van der Waals surface area contributed by atoms with Gasteiger partial charge in [0.1, 0.15) is 5.52 Å². The van der Waals surface area contributed by atoms with Crippen molar-refractivity contribution in [2.75, 3.05) is 5.32 Å². The zero-order valence-electron chi connectivity index (χ0n) is 11.0. The van der Waals surface area contributed by atoms with E-state index in [1.54, 1.807) is 12.4 Å². The summed E-state index contributed by atoms with van der Waals surface area (Å²) in [4.78, 5) is 12.9. The summed E-state index contributed by atoms with van der Waals surface area (Å²) in [5, 5.41) is 3.42. The van der Waals surface area contributed by atoms with Crippen LogP contribution in [0, 0.1) is 6.92 Å². The minimum Gasteiger partial charge on any atom is -0.379 e. The van der Waals surface area contributed by atoms with Crippen LogP contribution in [0.3, 0.4) is 0 Å². The van der Waals surface area contributed by atoms with Crippen LogP contribution in [-0.4, -0.2) is 15.0 Å². The van der Waals surface area contributed by atoms with Crippen LogP contribution >= 0.6 is 15.9 Å². The van der Waals surface area contributed by atoms with Crippen LogP contribution in [0.25, 0.3) is 11.0 Å². The predicted octanol–water partition coefficient (Wildman–Crippen LogP) is 3.71. The summed E-state index contributed by atoms with van der Waals surface area (Å²) >= 11 is 3.41. The maximum atomic E-state index is 4.43. The van der Waals surface area contributed by atoms with E-state index in [1.165, 1.54) is 11.1 Å². The molecule has 0 amide bonds. The molecule has 3 heterocycles. The molecule has 0 fully saturated rings. The molecule has 0 bridgehead atoms. The standard InChI is InChI=1S/C15H13BrN4/c1-10-7-17-4-2-11(10)8-19-13-3-5-18-14-6-12(16)9-20-15(13)14/h2-7,9H,8H2,1H3,(H,18,19). The Morgan fingerprint density at radius 2 is 2.05 bits per heavy atom. The predicted molar refractivity (Wildman–Crippen MR) is 83.5 cm³/mol. The average molecular weight is 329 g/mol. The number of pyridine rings is 3. The highest BCUT2D eigenvalue weighted by Gasteiger charge is 2.04. The number of aromatic nitrogens is 3. The van der Waals surface area contributed by atoms with Gasteiger partial charge in [0.05, 0.1) is 11.2 Å². The number of anilines is 1. The first-order valence-electron chi connectivity index (χ1n) is 6.27. The summed E-state index contributed by atoms with van der Waals surface area (Å²) in [5.74, 6) is 0. The summed E-state index contributed by atoms with van der Waals surface area (Å²) < 4.78 is 0.930. The van der Waals surface area contributed by atoms with Crippen LogP contribution < -0.4 is 5.32 Å². The van der Waals surface area contributed by atoms with Crippen LogP contribution in [0.15, 0.2) is 47.5 Å². The second kappa shape index (κ2) is 5.54. The molecule has 0 radical (unpaired) electrons. The van der Waals surface area contributed by atoms with Crippen molar-refractivity contribution >= 4 is 32.7 Å². The van der Waals surface area contributed by atoms with Gasteiger partial charge in [0.15, 0.2) is 0 Å². The number of nitrogens with one attached hydrogen (secondary N) is 1. The first-order chi connectivity index (χ1) is 9.74. The van der Waals surface area contributed by atoms with Crippen molar-refractivity contribution in [2.45, 2.75) is 13.5 Å². The SMILES string of the molecule is Cc1cnccc1CNc1ccnc2cc(Br)cnc12. The van der Waals surface area contributed by atoms with Crippen LogP contribution in [0.1, 0.15) is 11.1 Å². The van der Waals surface area contributed by atoms with Crippen molar-refractivity contribution in [3.05, 3.63) is 58.6 Å². The topological polar surface area (TPSA) is 50.7 Å². The Morgan fingerprint density at radius 3 is 2.90 bits per heavy atom. The van der Waals surface area contributed by atoms with Crippen LogP contribution in [0.2, 0.25) is 0 Å². The van der Waals surface area contributed by atoms with E-state index in [0.717, 1.165) is 27.7 Å². The van der Waals surface area contributed by atoms with Gasteiger partial charge in [-0.3, -0.25) is 15.0 Å². The Kier molecular flexibility index (Phi) is 3.60. The third kappa shape index (κ3) is 2.63. The van der Waals surface area contributed by atoms with E-state index < -0.39 is 0 Å². The molecule has 0 aromatic carbocycles. The van der Waals surface area contributed by atoms with Gasteiger partial charge in [0, 0.05) is 35.8 Å². The molecule has 100 valence electrons. The third-order valence-corrected chi connectivity index (χ3v) is 3.58. The molecule has 0 atom stereocenters. The molecule has 0 unspecified atom stereocenters. The molecule has 3 rings (SSSR count). The average Bonchev–Trinajstić information content (AvgIpc) is 2.46. The molecule has 0 saturated carbocycles. The second-order valence-electron chi connectivity index (χ2n) is 4.54. The minimum absolute atomic E-state index is 0.741. The highest BCUT2D eigenvalue weighted by Crippen LogP contribution is 2.22. The van der Waals surface area contributed by atoms with E-state index in [0.29, 0.717) is 0 Å². The van der Waals surface area contributed by atoms with E-state index in [1.807, 2.05) is 30.6 Å². The van der Waals surface area contributed by atoms with Gasteiger partial charge >= 0.3 is 0 Å². The quantitative estimate of drug-likeness (QED) is 0.796. The first kappa shape index (κ1) is 13.0. The third-order valence-electron chi connectivity index (χ3n) is 3.15. The highest BCUT2D eigenvalue weighted by molar-refractivity contribution is 9.10. The van der Waals surface area contributed by atoms with Gasteiger partial charge in [-0.05, 0) is 52.2 Å². The van der Waals surface area contributed by atoms with Gasteiger partial charge in [-0.2, -0.15) is 0 Å². The summed E-state index contributed by atoms with van der Waals surface area (Å²) in [6.45, 7) is 2.80. The van der Waals surface area contributed by atoms with Crippen molar-refractivity contribution in [1.82, 2.24) is 15.0 Å². The fraction of sp³-hybridized carbons (Fsp3) is 0.133. The molecule has 3 aromatic rings. The Morgan fingerprint density at radius 1 is 1.15 bits per heavy atom. The summed E-state index contributed by atoms with van der Waals surface area (Å²) in [6.07, 6.45) is 7.26. The summed E-state index contributed by atoms with van der Waals surface area (Å²) in [6, 6.07) is 5.93. The Balaban J connectivity index is 1.90. The van der Waals surface area contributed by atoms with E-state index in [9.17, 15) is 0 Å². The summed E-state index contributed by atoms with van der Waals surface area (Å²) in [5.41, 5.74) is 5.13. The maximum absolute atomic E-state index is 4.43.